The second kappa shape index (κ2) is 12.0. The summed E-state index contributed by atoms with van der Waals surface area (Å²) in [6, 6.07) is 3.66. The average Bonchev–Trinajstić information content (AvgIpc) is 3.04. The highest BCUT2D eigenvalue weighted by Crippen LogP contribution is 2.53. The Morgan fingerprint density at radius 3 is 2.22 bits per heavy atom. The number of phenolic OH excluding ortho intramolecular Hbond substituents is 1. The van der Waals surface area contributed by atoms with Crippen LogP contribution in [0.3, 0.4) is 0 Å². The molecule has 2 bridgehead atoms. The number of aromatic hydroxyl groups is 1. The second-order valence-corrected chi connectivity index (χ2v) is 15.1. The van der Waals surface area contributed by atoms with Crippen molar-refractivity contribution in [3.8, 4) is 11.5 Å². The fourth-order valence-electron chi connectivity index (χ4n) is 8.82. The molecule has 2 aromatic carbocycles. The lowest BCUT2D eigenvalue weighted by atomic mass is 9.71. The number of hydrogen-bond acceptors (Lipinski definition) is 15. The minimum Gasteiger partial charge on any atom is -0.507 e. The van der Waals surface area contributed by atoms with Crippen LogP contribution in [0, 0.1) is 0 Å². The lowest BCUT2D eigenvalue weighted by molar-refractivity contribution is -0.345. The zero-order chi connectivity index (χ0) is 37.3. The number of nitrogens with zero attached hydrogens (tertiary/aromatic N) is 1. The van der Waals surface area contributed by atoms with E-state index in [0.29, 0.717) is 5.56 Å². The maximum absolute atomic E-state index is 14.6. The number of ether oxygens (including phenoxy) is 6. The Labute approximate surface area is 294 Å². The van der Waals surface area contributed by atoms with Gasteiger partial charge in [-0.1, -0.05) is 6.07 Å². The standard InChI is InChI=1S/C36H45NO14/c1-13-28(42)35(3,45)31(47-8)33(48-13)50-27-18-14(12-34(2,44)30(27)46-7)11-16-19(23(18)39)24(40)20-15(22(16)38)9-10-17-26(20)49-32-25(41)21(37(5)6)29(43)36(17,4)51-32/h9-11,13,21,25,27-33,39,41-45H,12H2,1-8H3. The van der Waals surface area contributed by atoms with Crippen molar-refractivity contribution < 1.29 is 68.6 Å². The average molecular weight is 716 g/mol. The lowest BCUT2D eigenvalue weighted by Crippen LogP contribution is -2.68. The van der Waals surface area contributed by atoms with Crippen molar-refractivity contribution in [3.05, 3.63) is 57.1 Å². The smallest absolute Gasteiger partial charge is 0.228 e. The van der Waals surface area contributed by atoms with Crippen LogP contribution in [-0.2, 0) is 35.7 Å². The summed E-state index contributed by atoms with van der Waals surface area (Å²) in [5.41, 5.74) is -4.90. The van der Waals surface area contributed by atoms with Gasteiger partial charge in [-0.05, 0) is 59.5 Å². The Bertz CT molecular complexity index is 1790. The molecule has 7 rings (SSSR count). The van der Waals surface area contributed by atoms with Crippen molar-refractivity contribution in [1.82, 2.24) is 4.90 Å². The molecule has 2 aromatic rings. The van der Waals surface area contributed by atoms with Crippen LogP contribution < -0.4 is 4.74 Å². The van der Waals surface area contributed by atoms with Gasteiger partial charge < -0.3 is 64.0 Å². The van der Waals surface area contributed by atoms with Gasteiger partial charge >= 0.3 is 0 Å². The van der Waals surface area contributed by atoms with Gasteiger partial charge in [-0.25, -0.2) is 0 Å². The van der Waals surface area contributed by atoms with Crippen molar-refractivity contribution in [2.75, 3.05) is 28.3 Å². The van der Waals surface area contributed by atoms with E-state index in [1.54, 1.807) is 32.0 Å². The number of fused-ring (bicyclic) bond motifs is 8. The molecular formula is C36H45NO14. The van der Waals surface area contributed by atoms with Crippen LogP contribution in [0.25, 0.3) is 0 Å². The largest absolute Gasteiger partial charge is 0.507 e. The van der Waals surface area contributed by atoms with Gasteiger partial charge in [0.1, 0.15) is 59.3 Å². The first kappa shape index (κ1) is 36.3. The van der Waals surface area contributed by atoms with Gasteiger partial charge in [-0.15, -0.1) is 0 Å². The van der Waals surface area contributed by atoms with E-state index in [2.05, 4.69) is 0 Å². The van der Waals surface area contributed by atoms with E-state index in [1.165, 1.54) is 47.1 Å². The molecule has 15 nitrogen and oxygen atoms in total. The molecule has 2 fully saturated rings. The highest BCUT2D eigenvalue weighted by Gasteiger charge is 2.59. The van der Waals surface area contributed by atoms with Crippen LogP contribution in [0.2, 0.25) is 0 Å². The fourth-order valence-corrected chi connectivity index (χ4v) is 8.82. The van der Waals surface area contributed by atoms with Gasteiger partial charge in [-0.3, -0.25) is 9.59 Å². The Kier molecular flexibility index (Phi) is 8.53. The highest BCUT2D eigenvalue weighted by molar-refractivity contribution is 6.30. The summed E-state index contributed by atoms with van der Waals surface area (Å²) in [6.07, 6.45) is -11.4. The third-order valence-corrected chi connectivity index (χ3v) is 11.5. The van der Waals surface area contributed by atoms with E-state index >= 15 is 0 Å². The molecule has 3 aliphatic heterocycles. The Morgan fingerprint density at radius 1 is 0.922 bits per heavy atom. The van der Waals surface area contributed by atoms with E-state index in [-0.39, 0.29) is 45.6 Å². The topological polar surface area (TPSA) is 214 Å². The first-order valence-corrected chi connectivity index (χ1v) is 16.8. The number of carbonyl (C=O) groups excluding carboxylic acids is 2. The number of methoxy groups -OCH3 is 2. The molecule has 5 aliphatic rings. The number of rotatable bonds is 5. The van der Waals surface area contributed by atoms with E-state index in [9.17, 15) is 40.2 Å². The monoisotopic (exact) mass is 715 g/mol. The van der Waals surface area contributed by atoms with Crippen molar-refractivity contribution in [2.24, 2.45) is 0 Å². The van der Waals surface area contributed by atoms with E-state index in [1.807, 2.05) is 0 Å². The summed E-state index contributed by atoms with van der Waals surface area (Å²) >= 11 is 0. The number of ketones is 2. The van der Waals surface area contributed by atoms with Crippen LogP contribution in [0.4, 0.5) is 0 Å². The molecule has 2 saturated heterocycles. The van der Waals surface area contributed by atoms with Crippen LogP contribution >= 0.6 is 0 Å². The molecule has 0 amide bonds. The molecule has 278 valence electrons. The molecular weight excluding hydrogens is 670 g/mol. The van der Waals surface area contributed by atoms with Gasteiger partial charge in [0.15, 0.2) is 12.1 Å². The fraction of sp³-hybridized carbons (Fsp3) is 0.611. The molecule has 0 spiro atoms. The minimum atomic E-state index is -1.84. The SMILES string of the molecule is COC1C(OC2OC(C)C(O)C(C)(O)C2OC)c2c(cc3c(c2O)C(=O)c2c(ccc4c2OC2OC4(C)C(O)C(N(C)C)C2O)C3=O)CC1(C)O. The maximum Gasteiger partial charge on any atom is 0.228 e. The number of aliphatic hydroxyl groups excluding tert-OH is 3. The number of phenols is 1. The van der Waals surface area contributed by atoms with Crippen molar-refractivity contribution in [1.29, 1.82) is 0 Å². The number of likely N-dealkylation sites (N-methyl/N-ethyl adjacent to an activating group) is 1. The van der Waals surface area contributed by atoms with Gasteiger partial charge in [-0.2, -0.15) is 0 Å². The number of benzene rings is 2. The minimum absolute atomic E-state index is 0.0132. The zero-order valence-corrected chi connectivity index (χ0v) is 29.6. The van der Waals surface area contributed by atoms with Gasteiger partial charge in [0.2, 0.25) is 12.1 Å². The van der Waals surface area contributed by atoms with Crippen LogP contribution in [0.15, 0.2) is 18.2 Å². The van der Waals surface area contributed by atoms with Gasteiger partial charge in [0.05, 0.1) is 28.9 Å². The van der Waals surface area contributed by atoms with Crippen molar-refractivity contribution >= 4 is 11.6 Å². The summed E-state index contributed by atoms with van der Waals surface area (Å²) in [4.78, 5) is 30.5. The Balaban J connectivity index is 1.37. The van der Waals surface area contributed by atoms with E-state index in [0.717, 1.165) is 0 Å². The third kappa shape index (κ3) is 4.98. The molecule has 13 atom stereocenters. The lowest BCUT2D eigenvalue weighted by Gasteiger charge is -2.53. The van der Waals surface area contributed by atoms with Crippen molar-refractivity contribution in [3.63, 3.8) is 0 Å². The van der Waals surface area contributed by atoms with Gasteiger partial charge in [0, 0.05) is 42.9 Å². The number of aliphatic hydroxyl groups is 5. The Morgan fingerprint density at radius 2 is 1.59 bits per heavy atom. The first-order chi connectivity index (χ1) is 23.8. The molecule has 13 unspecified atom stereocenters. The maximum atomic E-state index is 14.6. The van der Waals surface area contributed by atoms with Crippen LogP contribution in [0.1, 0.15) is 82.3 Å². The number of carbonyl (C=O) groups is 2. The zero-order valence-electron chi connectivity index (χ0n) is 29.6. The van der Waals surface area contributed by atoms with Crippen LogP contribution in [-0.4, -0.2) is 142 Å². The van der Waals surface area contributed by atoms with E-state index in [4.69, 9.17) is 28.4 Å². The summed E-state index contributed by atoms with van der Waals surface area (Å²) < 4.78 is 35.7. The van der Waals surface area contributed by atoms with Gasteiger partial charge in [0.25, 0.3) is 0 Å². The molecule has 0 aromatic heterocycles. The van der Waals surface area contributed by atoms with Crippen LogP contribution in [0.5, 0.6) is 11.5 Å². The molecule has 3 heterocycles. The molecule has 15 heteroatoms. The second-order valence-electron chi connectivity index (χ2n) is 15.1. The van der Waals surface area contributed by atoms with Crippen molar-refractivity contribution in [2.45, 2.75) is 112 Å². The normalized spacial score (nSPS) is 41.4. The molecule has 0 radical (unpaired) electrons. The highest BCUT2D eigenvalue weighted by atomic mass is 16.7. The third-order valence-electron chi connectivity index (χ3n) is 11.5. The summed E-state index contributed by atoms with van der Waals surface area (Å²) in [7, 11) is 6.04. The molecule has 2 aliphatic carbocycles. The Hall–Kier alpha value is -3.06. The van der Waals surface area contributed by atoms with E-state index < -0.39 is 95.5 Å². The summed E-state index contributed by atoms with van der Waals surface area (Å²) in [5, 5.41) is 68.2. The molecule has 0 saturated carbocycles. The summed E-state index contributed by atoms with van der Waals surface area (Å²) in [5.74, 6) is -2.01. The number of hydrogen-bond donors (Lipinski definition) is 6. The first-order valence-electron chi connectivity index (χ1n) is 16.8. The predicted octanol–water partition coefficient (Wildman–Crippen LogP) is 0.0350. The summed E-state index contributed by atoms with van der Waals surface area (Å²) in [6.45, 7) is 6.03. The quantitative estimate of drug-likeness (QED) is 0.206. The molecule has 6 N–H and O–H groups in total. The molecule has 51 heavy (non-hydrogen) atoms. The predicted molar refractivity (Wildman–Crippen MR) is 174 cm³/mol.